The number of oxazole rings is 2. The minimum atomic E-state index is -0.180. The lowest BCUT2D eigenvalue weighted by molar-refractivity contribution is 0.102. The zero-order valence-corrected chi connectivity index (χ0v) is 19.0. The van der Waals surface area contributed by atoms with Gasteiger partial charge in [0.2, 0.25) is 5.89 Å². The number of nitrogens with zero attached hydrogens (tertiary/aromatic N) is 2. The SMILES string of the molecule is Cc1nc(-c2cccc(NC(=O)c3ccccc3CSc3nc4ccccc4o3)c2)oc1C. The molecule has 164 valence electrons. The second-order valence-corrected chi connectivity index (χ2v) is 8.52. The van der Waals surface area contributed by atoms with E-state index in [1.54, 1.807) is 0 Å². The van der Waals surface area contributed by atoms with Gasteiger partial charge in [0, 0.05) is 22.6 Å². The highest BCUT2D eigenvalue weighted by Crippen LogP contribution is 2.28. The van der Waals surface area contributed by atoms with Gasteiger partial charge in [0.15, 0.2) is 5.58 Å². The number of thioether (sulfide) groups is 1. The second-order valence-electron chi connectivity index (χ2n) is 7.59. The fourth-order valence-corrected chi connectivity index (χ4v) is 4.29. The number of aromatic nitrogens is 2. The third-order valence-electron chi connectivity index (χ3n) is 5.28. The van der Waals surface area contributed by atoms with Gasteiger partial charge in [-0.3, -0.25) is 4.79 Å². The second kappa shape index (κ2) is 8.96. The van der Waals surface area contributed by atoms with Crippen molar-refractivity contribution in [1.29, 1.82) is 0 Å². The molecule has 0 aliphatic heterocycles. The van der Waals surface area contributed by atoms with E-state index in [0.717, 1.165) is 33.7 Å². The monoisotopic (exact) mass is 455 g/mol. The first kappa shape index (κ1) is 21.0. The largest absolute Gasteiger partial charge is 0.441 e. The van der Waals surface area contributed by atoms with Crippen LogP contribution in [0.3, 0.4) is 0 Å². The zero-order chi connectivity index (χ0) is 22.8. The molecule has 33 heavy (non-hydrogen) atoms. The van der Waals surface area contributed by atoms with Gasteiger partial charge in [0.05, 0.1) is 5.69 Å². The lowest BCUT2D eigenvalue weighted by atomic mass is 10.1. The summed E-state index contributed by atoms with van der Waals surface area (Å²) in [6.07, 6.45) is 0. The number of anilines is 1. The van der Waals surface area contributed by atoms with E-state index in [4.69, 9.17) is 8.83 Å². The Bertz CT molecular complexity index is 1400. The summed E-state index contributed by atoms with van der Waals surface area (Å²) in [6.45, 7) is 3.79. The van der Waals surface area contributed by atoms with Crippen LogP contribution in [0.4, 0.5) is 5.69 Å². The molecular weight excluding hydrogens is 434 g/mol. The van der Waals surface area contributed by atoms with Crippen LogP contribution in [0.1, 0.15) is 27.4 Å². The molecule has 1 N–H and O–H groups in total. The van der Waals surface area contributed by atoms with Crippen LogP contribution >= 0.6 is 11.8 Å². The number of amides is 1. The molecule has 0 fully saturated rings. The average Bonchev–Trinajstić information content (AvgIpc) is 3.40. The molecule has 5 rings (SSSR count). The Balaban J connectivity index is 1.32. The van der Waals surface area contributed by atoms with E-state index in [0.29, 0.717) is 28.1 Å². The minimum absolute atomic E-state index is 0.180. The lowest BCUT2D eigenvalue weighted by Crippen LogP contribution is -2.14. The minimum Gasteiger partial charge on any atom is -0.441 e. The maximum absolute atomic E-state index is 13.1. The van der Waals surface area contributed by atoms with Crippen LogP contribution in [0.15, 0.2) is 86.9 Å². The van der Waals surface area contributed by atoms with Gasteiger partial charge < -0.3 is 14.2 Å². The van der Waals surface area contributed by atoms with Crippen LogP contribution in [0.25, 0.3) is 22.6 Å². The van der Waals surface area contributed by atoms with E-state index in [1.807, 2.05) is 86.6 Å². The summed E-state index contributed by atoms with van der Waals surface area (Å²) in [5.41, 5.74) is 5.41. The number of hydrogen-bond acceptors (Lipinski definition) is 6. The van der Waals surface area contributed by atoms with Gasteiger partial charge in [-0.05, 0) is 55.8 Å². The maximum atomic E-state index is 13.1. The van der Waals surface area contributed by atoms with Crippen molar-refractivity contribution in [3.63, 3.8) is 0 Å². The molecule has 0 aliphatic carbocycles. The van der Waals surface area contributed by atoms with Crippen molar-refractivity contribution < 1.29 is 13.6 Å². The van der Waals surface area contributed by atoms with Gasteiger partial charge in [0.1, 0.15) is 11.3 Å². The highest BCUT2D eigenvalue weighted by Gasteiger charge is 2.15. The molecule has 0 bridgehead atoms. The Morgan fingerprint density at radius 3 is 2.58 bits per heavy atom. The van der Waals surface area contributed by atoms with E-state index in [2.05, 4.69) is 15.3 Å². The molecule has 0 radical (unpaired) electrons. The van der Waals surface area contributed by atoms with E-state index in [-0.39, 0.29) is 5.91 Å². The highest BCUT2D eigenvalue weighted by atomic mass is 32.2. The predicted octanol–water partition coefficient (Wildman–Crippen LogP) is 6.64. The van der Waals surface area contributed by atoms with Crippen LogP contribution in [-0.2, 0) is 5.75 Å². The Morgan fingerprint density at radius 1 is 0.939 bits per heavy atom. The van der Waals surface area contributed by atoms with Crippen LogP contribution in [0.2, 0.25) is 0 Å². The van der Waals surface area contributed by atoms with Crippen molar-refractivity contribution in [3.05, 3.63) is 95.4 Å². The number of rotatable bonds is 6. The summed E-state index contributed by atoms with van der Waals surface area (Å²) in [4.78, 5) is 22.0. The van der Waals surface area contributed by atoms with Crippen molar-refractivity contribution in [2.45, 2.75) is 24.8 Å². The number of nitrogens with one attached hydrogen (secondary N) is 1. The first-order valence-corrected chi connectivity index (χ1v) is 11.5. The number of hydrogen-bond donors (Lipinski definition) is 1. The Hall–Kier alpha value is -3.84. The molecule has 7 heteroatoms. The van der Waals surface area contributed by atoms with Crippen LogP contribution in [-0.4, -0.2) is 15.9 Å². The summed E-state index contributed by atoms with van der Waals surface area (Å²) < 4.78 is 11.5. The number of para-hydroxylation sites is 2. The molecule has 2 aromatic heterocycles. The molecule has 0 atom stereocenters. The fraction of sp³-hybridized carbons (Fsp3) is 0.115. The van der Waals surface area contributed by atoms with E-state index in [1.165, 1.54) is 11.8 Å². The summed E-state index contributed by atoms with van der Waals surface area (Å²) >= 11 is 1.46. The zero-order valence-electron chi connectivity index (χ0n) is 18.2. The fourth-order valence-electron chi connectivity index (χ4n) is 3.44. The van der Waals surface area contributed by atoms with Gasteiger partial charge in [-0.1, -0.05) is 48.2 Å². The van der Waals surface area contributed by atoms with Crippen molar-refractivity contribution in [2.24, 2.45) is 0 Å². The molecule has 0 unspecified atom stereocenters. The third-order valence-corrected chi connectivity index (χ3v) is 6.16. The molecule has 5 aromatic rings. The maximum Gasteiger partial charge on any atom is 0.257 e. The Kier molecular flexibility index (Phi) is 5.71. The molecule has 6 nitrogen and oxygen atoms in total. The number of aryl methyl sites for hydroxylation is 2. The topological polar surface area (TPSA) is 81.2 Å². The van der Waals surface area contributed by atoms with Crippen LogP contribution < -0.4 is 5.32 Å². The van der Waals surface area contributed by atoms with Gasteiger partial charge >= 0.3 is 0 Å². The van der Waals surface area contributed by atoms with Gasteiger partial charge in [0.25, 0.3) is 11.1 Å². The number of carbonyl (C=O) groups excluding carboxylic acids is 1. The van der Waals surface area contributed by atoms with E-state index >= 15 is 0 Å². The average molecular weight is 456 g/mol. The smallest absolute Gasteiger partial charge is 0.257 e. The normalized spacial score (nSPS) is 11.1. The van der Waals surface area contributed by atoms with Gasteiger partial charge in [-0.15, -0.1) is 0 Å². The highest BCUT2D eigenvalue weighted by molar-refractivity contribution is 7.98. The molecular formula is C26H21N3O3S. The number of fused-ring (bicyclic) bond motifs is 1. The van der Waals surface area contributed by atoms with E-state index < -0.39 is 0 Å². The number of carbonyl (C=O) groups is 1. The van der Waals surface area contributed by atoms with Gasteiger partial charge in [-0.2, -0.15) is 0 Å². The first-order chi connectivity index (χ1) is 16.1. The first-order valence-electron chi connectivity index (χ1n) is 10.5. The summed E-state index contributed by atoms with van der Waals surface area (Å²) in [6, 6.07) is 22.7. The van der Waals surface area contributed by atoms with E-state index in [9.17, 15) is 4.79 Å². The molecule has 0 aliphatic rings. The summed E-state index contributed by atoms with van der Waals surface area (Å²) in [5.74, 6) is 1.70. The Morgan fingerprint density at radius 2 is 1.76 bits per heavy atom. The summed E-state index contributed by atoms with van der Waals surface area (Å²) in [7, 11) is 0. The van der Waals surface area contributed by atoms with Crippen molar-refractivity contribution >= 4 is 34.5 Å². The van der Waals surface area contributed by atoms with Crippen molar-refractivity contribution in [3.8, 4) is 11.5 Å². The van der Waals surface area contributed by atoms with Crippen molar-refractivity contribution in [1.82, 2.24) is 9.97 Å². The molecule has 0 saturated carbocycles. The third kappa shape index (κ3) is 4.54. The molecule has 1 amide bonds. The molecule has 3 aromatic carbocycles. The lowest BCUT2D eigenvalue weighted by Gasteiger charge is -2.10. The standard InChI is InChI=1S/C26H21N3O3S/c1-16-17(2)31-25(27-16)18-9-7-10-20(14-18)28-24(30)21-11-4-3-8-19(21)15-33-26-29-22-12-5-6-13-23(22)32-26/h3-14H,15H2,1-2H3,(H,28,30). The predicted molar refractivity (Wildman–Crippen MR) is 129 cm³/mol. The molecule has 0 saturated heterocycles. The number of benzene rings is 3. The quantitative estimate of drug-likeness (QED) is 0.289. The molecule has 0 spiro atoms. The van der Waals surface area contributed by atoms with Gasteiger partial charge in [-0.25, -0.2) is 9.97 Å². The summed E-state index contributed by atoms with van der Waals surface area (Å²) in [5, 5.41) is 3.57. The van der Waals surface area contributed by atoms with Crippen LogP contribution in [0, 0.1) is 13.8 Å². The molecule has 2 heterocycles. The Labute approximate surface area is 195 Å². The van der Waals surface area contributed by atoms with Crippen LogP contribution in [0.5, 0.6) is 0 Å². The van der Waals surface area contributed by atoms with Crippen molar-refractivity contribution in [2.75, 3.05) is 5.32 Å².